The molecule has 7 heteroatoms. The van der Waals surface area contributed by atoms with Crippen molar-refractivity contribution in [2.75, 3.05) is 39.3 Å². The van der Waals surface area contributed by atoms with Crippen LogP contribution in [0.2, 0.25) is 5.02 Å². The first-order valence-electron chi connectivity index (χ1n) is 10.2. The minimum absolute atomic E-state index is 0.0479. The second kappa shape index (κ2) is 9.55. The Labute approximate surface area is 171 Å². The number of aliphatic hydroxyl groups excluding tert-OH is 2. The molecule has 156 valence electrons. The largest absolute Gasteiger partial charge is 0.396 e. The number of rotatable bonds is 6. The van der Waals surface area contributed by atoms with Gasteiger partial charge in [0.2, 0.25) is 5.91 Å². The van der Waals surface area contributed by atoms with Crippen LogP contribution < -0.4 is 0 Å². The number of hydrogen-bond donors (Lipinski definition) is 3. The van der Waals surface area contributed by atoms with E-state index < -0.39 is 11.7 Å². The number of carbonyl (C=O) groups is 1. The molecule has 1 aromatic carbocycles. The predicted molar refractivity (Wildman–Crippen MR) is 108 cm³/mol. The molecule has 2 heterocycles. The van der Waals surface area contributed by atoms with E-state index in [4.69, 9.17) is 16.7 Å². The fourth-order valence-corrected chi connectivity index (χ4v) is 4.39. The van der Waals surface area contributed by atoms with Crippen molar-refractivity contribution in [1.82, 2.24) is 9.80 Å². The van der Waals surface area contributed by atoms with E-state index in [2.05, 4.69) is 4.90 Å². The second-order valence-corrected chi connectivity index (χ2v) is 8.68. The average Bonchev–Trinajstić information content (AvgIpc) is 2.68. The van der Waals surface area contributed by atoms with Gasteiger partial charge in [-0.05, 0) is 62.4 Å². The average molecular weight is 411 g/mol. The third kappa shape index (κ3) is 5.45. The second-order valence-electron chi connectivity index (χ2n) is 8.24. The van der Waals surface area contributed by atoms with Gasteiger partial charge < -0.3 is 25.1 Å². The molecule has 2 aliphatic heterocycles. The van der Waals surface area contributed by atoms with Crippen LogP contribution in [0.25, 0.3) is 0 Å². The minimum atomic E-state index is -1.18. The van der Waals surface area contributed by atoms with E-state index in [0.29, 0.717) is 30.5 Å². The van der Waals surface area contributed by atoms with Crippen LogP contribution in [0, 0.1) is 5.92 Å². The van der Waals surface area contributed by atoms with E-state index in [1.165, 1.54) is 0 Å². The maximum atomic E-state index is 12.6. The SMILES string of the molecule is O=C(Cc1ccc(Cl)cc1)N1CC[C@](O)(CN2CCC(CCO)CC2)[C@@H](O)C1. The number of benzene rings is 1. The van der Waals surface area contributed by atoms with E-state index in [9.17, 15) is 15.0 Å². The molecule has 2 fully saturated rings. The smallest absolute Gasteiger partial charge is 0.227 e. The Bertz CT molecular complexity index is 648. The lowest BCUT2D eigenvalue weighted by molar-refractivity contribution is -0.153. The number of β-amino-alcohol motifs (C(OH)–C–C–N with tert-alkyl or cyclic N) is 2. The van der Waals surface area contributed by atoms with E-state index in [-0.39, 0.29) is 25.5 Å². The van der Waals surface area contributed by atoms with Gasteiger partial charge in [0.05, 0.1) is 6.42 Å². The first-order valence-corrected chi connectivity index (χ1v) is 10.5. The molecule has 6 nitrogen and oxygen atoms in total. The highest BCUT2D eigenvalue weighted by Crippen LogP contribution is 2.27. The molecule has 2 aliphatic rings. The third-order valence-electron chi connectivity index (χ3n) is 6.19. The zero-order chi connectivity index (χ0) is 20.1. The lowest BCUT2D eigenvalue weighted by atomic mass is 9.86. The summed E-state index contributed by atoms with van der Waals surface area (Å²) in [5.41, 5.74) is -0.295. The number of nitrogens with zero attached hydrogens (tertiary/aromatic N) is 2. The molecule has 0 bridgehead atoms. The van der Waals surface area contributed by atoms with E-state index in [0.717, 1.165) is 37.9 Å². The molecule has 2 saturated heterocycles. The molecule has 0 aromatic heterocycles. The van der Waals surface area contributed by atoms with Crippen molar-refractivity contribution in [2.24, 2.45) is 5.92 Å². The fraction of sp³-hybridized carbons (Fsp3) is 0.667. The number of halogens is 1. The van der Waals surface area contributed by atoms with Crippen LogP contribution in [0.5, 0.6) is 0 Å². The quantitative estimate of drug-likeness (QED) is 0.658. The van der Waals surface area contributed by atoms with Crippen LogP contribution in [0.4, 0.5) is 0 Å². The number of hydrogen-bond acceptors (Lipinski definition) is 5. The summed E-state index contributed by atoms with van der Waals surface area (Å²) in [6.07, 6.45) is 2.55. The van der Waals surface area contributed by atoms with Crippen molar-refractivity contribution in [3.05, 3.63) is 34.9 Å². The highest BCUT2D eigenvalue weighted by molar-refractivity contribution is 6.30. The highest BCUT2D eigenvalue weighted by Gasteiger charge is 2.43. The first kappa shape index (κ1) is 21.5. The van der Waals surface area contributed by atoms with Gasteiger partial charge >= 0.3 is 0 Å². The zero-order valence-electron chi connectivity index (χ0n) is 16.3. The van der Waals surface area contributed by atoms with Crippen molar-refractivity contribution in [3.63, 3.8) is 0 Å². The predicted octanol–water partition coefficient (Wildman–Crippen LogP) is 1.30. The summed E-state index contributed by atoms with van der Waals surface area (Å²) < 4.78 is 0. The monoisotopic (exact) mass is 410 g/mol. The van der Waals surface area contributed by atoms with Crippen molar-refractivity contribution in [1.29, 1.82) is 0 Å². The number of piperidine rings is 2. The maximum Gasteiger partial charge on any atom is 0.227 e. The summed E-state index contributed by atoms with van der Waals surface area (Å²) in [6.45, 7) is 3.01. The molecule has 0 spiro atoms. The van der Waals surface area contributed by atoms with Crippen LogP contribution in [0.1, 0.15) is 31.2 Å². The third-order valence-corrected chi connectivity index (χ3v) is 6.44. The summed E-state index contributed by atoms with van der Waals surface area (Å²) in [5.74, 6) is 0.501. The summed E-state index contributed by atoms with van der Waals surface area (Å²) in [6, 6.07) is 7.18. The van der Waals surface area contributed by atoms with Gasteiger partial charge in [0, 0.05) is 31.3 Å². The molecule has 1 aromatic rings. The van der Waals surface area contributed by atoms with Gasteiger partial charge in [0.1, 0.15) is 11.7 Å². The van der Waals surface area contributed by atoms with Gasteiger partial charge in [-0.3, -0.25) is 4.79 Å². The Balaban J connectivity index is 1.49. The van der Waals surface area contributed by atoms with Crippen molar-refractivity contribution in [2.45, 2.75) is 43.8 Å². The van der Waals surface area contributed by atoms with E-state index >= 15 is 0 Å². The van der Waals surface area contributed by atoms with Gasteiger partial charge in [-0.2, -0.15) is 0 Å². The van der Waals surface area contributed by atoms with Gasteiger partial charge in [-0.1, -0.05) is 23.7 Å². The van der Waals surface area contributed by atoms with Gasteiger partial charge in [0.15, 0.2) is 0 Å². The fourth-order valence-electron chi connectivity index (χ4n) is 4.27. The molecule has 3 N–H and O–H groups in total. The molecule has 0 unspecified atom stereocenters. The number of amides is 1. The Hall–Kier alpha value is -1.18. The Morgan fingerprint density at radius 2 is 1.86 bits per heavy atom. The number of likely N-dealkylation sites (tertiary alicyclic amines) is 2. The molecular formula is C21H31ClN2O4. The topological polar surface area (TPSA) is 84.2 Å². The molecule has 0 saturated carbocycles. The van der Waals surface area contributed by atoms with Crippen LogP contribution >= 0.6 is 11.6 Å². The zero-order valence-corrected chi connectivity index (χ0v) is 17.0. The number of carbonyl (C=O) groups excluding carboxylic acids is 1. The molecule has 3 rings (SSSR count). The summed E-state index contributed by atoms with van der Waals surface area (Å²) >= 11 is 5.88. The standard InChI is InChI=1S/C21H31ClN2O4/c22-18-3-1-17(2-4-18)13-20(27)24-11-8-21(28,19(26)14-24)15-23-9-5-16(6-10-23)7-12-25/h1-4,16,19,25-26,28H,5-15H2/t19-,21-/m0/s1. The van der Waals surface area contributed by atoms with Crippen LogP contribution in [-0.2, 0) is 11.2 Å². The molecular weight excluding hydrogens is 380 g/mol. The van der Waals surface area contributed by atoms with Gasteiger partial charge in [0.25, 0.3) is 0 Å². The lowest BCUT2D eigenvalue weighted by Gasteiger charge is -2.45. The summed E-state index contributed by atoms with van der Waals surface area (Å²) in [5, 5.41) is 31.3. The van der Waals surface area contributed by atoms with Crippen LogP contribution in [0.3, 0.4) is 0 Å². The van der Waals surface area contributed by atoms with Crippen LogP contribution in [0.15, 0.2) is 24.3 Å². The van der Waals surface area contributed by atoms with E-state index in [1.54, 1.807) is 17.0 Å². The van der Waals surface area contributed by atoms with Crippen molar-refractivity contribution >= 4 is 17.5 Å². The molecule has 28 heavy (non-hydrogen) atoms. The summed E-state index contributed by atoms with van der Waals surface area (Å²) in [4.78, 5) is 16.4. The molecule has 2 atom stereocenters. The Morgan fingerprint density at radius 1 is 1.18 bits per heavy atom. The van der Waals surface area contributed by atoms with E-state index in [1.807, 2.05) is 12.1 Å². The highest BCUT2D eigenvalue weighted by atomic mass is 35.5. The molecule has 0 radical (unpaired) electrons. The maximum absolute atomic E-state index is 12.6. The Kier molecular flexibility index (Phi) is 7.34. The van der Waals surface area contributed by atoms with Crippen molar-refractivity contribution in [3.8, 4) is 0 Å². The minimum Gasteiger partial charge on any atom is -0.396 e. The van der Waals surface area contributed by atoms with Gasteiger partial charge in [-0.25, -0.2) is 0 Å². The molecule has 1 amide bonds. The van der Waals surface area contributed by atoms with Gasteiger partial charge in [-0.15, -0.1) is 0 Å². The van der Waals surface area contributed by atoms with Crippen LogP contribution in [-0.4, -0.2) is 82.1 Å². The van der Waals surface area contributed by atoms with Crippen molar-refractivity contribution < 1.29 is 20.1 Å². The normalized spacial score (nSPS) is 27.1. The number of aliphatic hydroxyl groups is 3. The Morgan fingerprint density at radius 3 is 2.46 bits per heavy atom. The molecule has 0 aliphatic carbocycles. The summed E-state index contributed by atoms with van der Waals surface area (Å²) in [7, 11) is 0. The first-order chi connectivity index (χ1) is 13.4. The lowest BCUT2D eigenvalue weighted by Crippen LogP contribution is -2.61.